The molecule has 0 spiro atoms. The Balaban J connectivity index is 1.56. The van der Waals surface area contributed by atoms with Crippen LogP contribution in [0.2, 0.25) is 0 Å². The molecule has 0 fully saturated rings. The monoisotopic (exact) mass is 349 g/mol. The topological polar surface area (TPSA) is 46.1 Å². The molecule has 0 radical (unpaired) electrons. The Morgan fingerprint density at radius 2 is 1.92 bits per heavy atom. The number of carbonyl (C=O) groups excluding carboxylic acids is 1. The highest BCUT2D eigenvalue weighted by molar-refractivity contribution is 7.99. The minimum Gasteiger partial charge on any atom is -0.338 e. The number of aryl methyl sites for hydroxylation is 1. The number of hydrogen-bond acceptors (Lipinski definition) is 4. The Kier molecular flexibility index (Phi) is 4.17. The zero-order valence-electron chi connectivity index (χ0n) is 14.3. The summed E-state index contributed by atoms with van der Waals surface area (Å²) in [6.07, 6.45) is 0. The molecular weight excluding hydrogens is 330 g/mol. The molecule has 0 N–H and O–H groups in total. The molecule has 1 amide bonds. The van der Waals surface area contributed by atoms with Crippen LogP contribution >= 0.6 is 11.8 Å². The van der Waals surface area contributed by atoms with E-state index in [9.17, 15) is 4.79 Å². The van der Waals surface area contributed by atoms with Gasteiger partial charge in [0.1, 0.15) is 5.82 Å². The first-order chi connectivity index (χ1) is 12.1. The summed E-state index contributed by atoms with van der Waals surface area (Å²) < 4.78 is 0. The highest BCUT2D eigenvalue weighted by Gasteiger charge is 2.31. The summed E-state index contributed by atoms with van der Waals surface area (Å²) in [6.45, 7) is 2.41. The lowest BCUT2D eigenvalue weighted by atomic mass is 10.00. The number of fused-ring (bicyclic) bond motifs is 2. The van der Waals surface area contributed by atoms with Crippen molar-refractivity contribution >= 4 is 28.6 Å². The number of likely N-dealkylation sites (N-methyl/N-ethyl adjacent to an activating group) is 1. The third-order valence-corrected chi connectivity index (χ3v) is 5.78. The van der Waals surface area contributed by atoms with Crippen molar-refractivity contribution in [2.75, 3.05) is 12.8 Å². The van der Waals surface area contributed by atoms with Crippen molar-refractivity contribution in [3.8, 4) is 0 Å². The number of thioether (sulfide) groups is 1. The Hall–Kier alpha value is -2.40. The van der Waals surface area contributed by atoms with Gasteiger partial charge in [-0.05, 0) is 24.6 Å². The second kappa shape index (κ2) is 6.48. The Labute approximate surface area is 151 Å². The van der Waals surface area contributed by atoms with E-state index >= 15 is 0 Å². The van der Waals surface area contributed by atoms with Crippen LogP contribution in [0.3, 0.4) is 0 Å². The normalized spacial score (nSPS) is 16.0. The number of carbonyl (C=O) groups is 1. The van der Waals surface area contributed by atoms with Crippen molar-refractivity contribution in [1.29, 1.82) is 0 Å². The molecule has 2 aromatic carbocycles. The molecular formula is C20H19N3OS. The van der Waals surface area contributed by atoms with Crippen molar-refractivity contribution in [1.82, 2.24) is 14.9 Å². The van der Waals surface area contributed by atoms with Gasteiger partial charge in [-0.2, -0.15) is 0 Å². The summed E-state index contributed by atoms with van der Waals surface area (Å²) >= 11 is 1.75. The van der Waals surface area contributed by atoms with Gasteiger partial charge in [0.15, 0.2) is 0 Å². The maximum atomic E-state index is 12.9. The van der Waals surface area contributed by atoms with Crippen LogP contribution in [0.1, 0.15) is 23.0 Å². The van der Waals surface area contributed by atoms with E-state index < -0.39 is 0 Å². The number of para-hydroxylation sites is 1. The van der Waals surface area contributed by atoms with Gasteiger partial charge < -0.3 is 4.90 Å². The van der Waals surface area contributed by atoms with E-state index in [1.54, 1.807) is 16.7 Å². The largest absolute Gasteiger partial charge is 0.338 e. The average Bonchev–Trinajstić information content (AvgIpc) is 3.05. The van der Waals surface area contributed by atoms with E-state index in [4.69, 9.17) is 0 Å². The minimum absolute atomic E-state index is 0.0762. The fourth-order valence-corrected chi connectivity index (χ4v) is 4.51. The lowest BCUT2D eigenvalue weighted by Crippen LogP contribution is -2.32. The lowest BCUT2D eigenvalue weighted by molar-refractivity contribution is -0.131. The van der Waals surface area contributed by atoms with Crippen molar-refractivity contribution in [3.05, 3.63) is 65.6 Å². The maximum Gasteiger partial charge on any atom is 0.231 e. The van der Waals surface area contributed by atoms with Crippen molar-refractivity contribution in [2.45, 2.75) is 24.3 Å². The number of rotatable bonds is 3. The highest BCUT2D eigenvalue weighted by Crippen LogP contribution is 2.40. The molecule has 0 saturated heterocycles. The molecule has 0 bridgehead atoms. The minimum atomic E-state index is -0.0762. The Morgan fingerprint density at radius 3 is 2.80 bits per heavy atom. The van der Waals surface area contributed by atoms with E-state index in [1.165, 1.54) is 4.90 Å². The molecule has 0 aliphatic carbocycles. The summed E-state index contributed by atoms with van der Waals surface area (Å²) in [5, 5.41) is 1.06. The predicted molar refractivity (Wildman–Crippen MR) is 101 cm³/mol. The molecule has 5 heteroatoms. The molecule has 2 heterocycles. The van der Waals surface area contributed by atoms with Crippen LogP contribution in [0.25, 0.3) is 10.9 Å². The summed E-state index contributed by atoms with van der Waals surface area (Å²) in [5.41, 5.74) is 3.01. The summed E-state index contributed by atoms with van der Waals surface area (Å²) in [7, 11) is 1.84. The van der Waals surface area contributed by atoms with Gasteiger partial charge in [0.2, 0.25) is 5.91 Å². The fourth-order valence-electron chi connectivity index (χ4n) is 3.29. The van der Waals surface area contributed by atoms with Crippen molar-refractivity contribution in [2.24, 2.45) is 0 Å². The van der Waals surface area contributed by atoms with E-state index in [-0.39, 0.29) is 11.8 Å². The molecule has 0 unspecified atom stereocenters. The van der Waals surface area contributed by atoms with Crippen molar-refractivity contribution in [3.63, 3.8) is 0 Å². The van der Waals surface area contributed by atoms with Gasteiger partial charge in [-0.15, -0.1) is 11.8 Å². The molecule has 1 aliphatic rings. The van der Waals surface area contributed by atoms with Crippen LogP contribution in [0, 0.1) is 6.92 Å². The van der Waals surface area contributed by atoms with Crippen LogP contribution in [-0.4, -0.2) is 33.6 Å². The van der Waals surface area contributed by atoms with E-state index in [0.717, 1.165) is 27.9 Å². The highest BCUT2D eigenvalue weighted by atomic mass is 32.2. The van der Waals surface area contributed by atoms with Crippen LogP contribution in [-0.2, 0) is 11.3 Å². The second-order valence-electron chi connectivity index (χ2n) is 6.34. The molecule has 1 aliphatic heterocycles. The van der Waals surface area contributed by atoms with Gasteiger partial charge in [0.05, 0.1) is 18.0 Å². The Morgan fingerprint density at radius 1 is 1.16 bits per heavy atom. The zero-order valence-corrected chi connectivity index (χ0v) is 15.1. The van der Waals surface area contributed by atoms with Crippen LogP contribution in [0.5, 0.6) is 0 Å². The number of amides is 1. The van der Waals surface area contributed by atoms with Gasteiger partial charge in [0, 0.05) is 28.8 Å². The summed E-state index contributed by atoms with van der Waals surface area (Å²) in [6, 6.07) is 16.1. The first-order valence-corrected chi connectivity index (χ1v) is 9.31. The third kappa shape index (κ3) is 3.00. The third-order valence-electron chi connectivity index (χ3n) is 4.59. The molecule has 1 aromatic heterocycles. The first-order valence-electron chi connectivity index (χ1n) is 8.32. The molecule has 4 nitrogen and oxygen atoms in total. The number of hydrogen-bond donors (Lipinski definition) is 0. The van der Waals surface area contributed by atoms with E-state index in [2.05, 4.69) is 22.1 Å². The number of aromatic nitrogens is 2. The predicted octanol–water partition coefficient (Wildman–Crippen LogP) is 3.79. The van der Waals surface area contributed by atoms with Crippen LogP contribution in [0.4, 0.5) is 0 Å². The first kappa shape index (κ1) is 16.1. The summed E-state index contributed by atoms with van der Waals surface area (Å²) in [4.78, 5) is 25.1. The molecule has 25 heavy (non-hydrogen) atoms. The lowest BCUT2D eigenvalue weighted by Gasteiger charge is -2.21. The quantitative estimate of drug-likeness (QED) is 0.722. The molecule has 4 rings (SSSR count). The van der Waals surface area contributed by atoms with Gasteiger partial charge in [-0.25, -0.2) is 9.97 Å². The van der Waals surface area contributed by atoms with E-state index in [1.807, 2.05) is 50.4 Å². The average molecular weight is 349 g/mol. The van der Waals surface area contributed by atoms with E-state index in [0.29, 0.717) is 12.4 Å². The molecule has 0 saturated carbocycles. The van der Waals surface area contributed by atoms with Crippen molar-refractivity contribution < 1.29 is 4.79 Å². The van der Waals surface area contributed by atoms with Gasteiger partial charge in [0.25, 0.3) is 0 Å². The van der Waals surface area contributed by atoms with Crippen LogP contribution in [0.15, 0.2) is 53.4 Å². The smallest absolute Gasteiger partial charge is 0.231 e. The molecule has 126 valence electrons. The Bertz CT molecular complexity index is 957. The van der Waals surface area contributed by atoms with Crippen LogP contribution < -0.4 is 0 Å². The maximum absolute atomic E-state index is 12.9. The zero-order chi connectivity index (χ0) is 17.4. The van der Waals surface area contributed by atoms with Gasteiger partial charge in [-0.1, -0.05) is 36.4 Å². The second-order valence-corrected chi connectivity index (χ2v) is 7.40. The van der Waals surface area contributed by atoms with Gasteiger partial charge in [-0.3, -0.25) is 4.79 Å². The number of nitrogens with zero attached hydrogens (tertiary/aromatic N) is 3. The SMILES string of the molecule is Cc1nc(CN(C)C(=O)[C@H]2CSc3ccccc32)nc2ccccc12. The fraction of sp³-hybridized carbons (Fsp3) is 0.250. The standard InChI is InChI=1S/C20H19N3OS/c1-13-14-7-3-5-9-17(14)22-19(21-13)11-23(2)20(24)16-12-25-18-10-6-4-8-15(16)18/h3-10,16H,11-12H2,1-2H3/t16-/m0/s1. The van der Waals surface area contributed by atoms with Gasteiger partial charge >= 0.3 is 0 Å². The summed E-state index contributed by atoms with van der Waals surface area (Å²) in [5.74, 6) is 1.55. The molecule has 3 aromatic rings. The molecule has 1 atom stereocenters. The number of benzene rings is 2.